The summed E-state index contributed by atoms with van der Waals surface area (Å²) >= 11 is 0. The van der Waals surface area contributed by atoms with E-state index >= 15 is 0 Å². The first kappa shape index (κ1) is 17.7. The smallest absolute Gasteiger partial charge is 0.0571 e. The highest BCUT2D eigenvalue weighted by molar-refractivity contribution is 6.07. The van der Waals surface area contributed by atoms with Crippen molar-refractivity contribution in [2.45, 2.75) is 0 Å². The molecule has 2 aromatic rings. The van der Waals surface area contributed by atoms with Crippen LogP contribution in [0.5, 0.6) is 0 Å². The molecular formula is C23H25N3. The first-order chi connectivity index (χ1) is 12.6. The highest BCUT2D eigenvalue weighted by atomic mass is 15.1. The zero-order chi connectivity index (χ0) is 18.5. The SMILES string of the molecule is CN=C1C=CC(=C(c2ccc(NC)cc2)c2ccc(N(C)C)cc2)C=C1. The van der Waals surface area contributed by atoms with E-state index in [4.69, 9.17) is 0 Å². The monoisotopic (exact) mass is 343 g/mol. The van der Waals surface area contributed by atoms with Crippen molar-refractivity contribution in [1.29, 1.82) is 0 Å². The van der Waals surface area contributed by atoms with E-state index in [-0.39, 0.29) is 0 Å². The maximum atomic E-state index is 4.25. The fourth-order valence-corrected chi connectivity index (χ4v) is 3.01. The Morgan fingerprint density at radius 2 is 1.35 bits per heavy atom. The average molecular weight is 343 g/mol. The predicted molar refractivity (Wildman–Crippen MR) is 114 cm³/mol. The second-order valence-corrected chi connectivity index (χ2v) is 6.41. The minimum Gasteiger partial charge on any atom is -0.388 e. The molecule has 0 saturated heterocycles. The van der Waals surface area contributed by atoms with Crippen molar-refractivity contribution in [3.63, 3.8) is 0 Å². The lowest BCUT2D eigenvalue weighted by Gasteiger charge is -2.17. The molecule has 0 aliphatic heterocycles. The standard InChI is InChI=1S/C23H25N3/c1-24-20-11-5-17(6-12-20)23(18-7-13-21(25-2)14-8-18)19-9-15-22(16-10-19)26(3)4/h5-16,24H,1-4H3. The van der Waals surface area contributed by atoms with Gasteiger partial charge in [-0.2, -0.15) is 0 Å². The molecule has 0 unspecified atom stereocenters. The molecule has 0 fully saturated rings. The van der Waals surface area contributed by atoms with Gasteiger partial charge >= 0.3 is 0 Å². The summed E-state index contributed by atoms with van der Waals surface area (Å²) in [5, 5.41) is 3.18. The lowest BCUT2D eigenvalue weighted by Crippen LogP contribution is -2.08. The molecule has 3 rings (SSSR count). The Kier molecular flexibility index (Phi) is 5.37. The molecule has 1 aliphatic rings. The van der Waals surface area contributed by atoms with Gasteiger partial charge in [0.1, 0.15) is 0 Å². The van der Waals surface area contributed by atoms with E-state index in [0.29, 0.717) is 0 Å². The molecule has 3 heteroatoms. The van der Waals surface area contributed by atoms with Gasteiger partial charge in [0.15, 0.2) is 0 Å². The zero-order valence-corrected chi connectivity index (χ0v) is 15.8. The Balaban J connectivity index is 2.11. The topological polar surface area (TPSA) is 27.6 Å². The van der Waals surface area contributed by atoms with E-state index in [1.54, 1.807) is 0 Å². The molecule has 0 aromatic heterocycles. The Labute approximate surface area is 156 Å². The van der Waals surface area contributed by atoms with Crippen LogP contribution in [0.15, 0.2) is 83.4 Å². The van der Waals surface area contributed by atoms with E-state index in [2.05, 4.69) is 102 Å². The molecule has 2 aromatic carbocycles. The van der Waals surface area contributed by atoms with Crippen molar-refractivity contribution in [1.82, 2.24) is 0 Å². The van der Waals surface area contributed by atoms with Crippen LogP contribution in [-0.4, -0.2) is 33.9 Å². The van der Waals surface area contributed by atoms with Gasteiger partial charge in [0.05, 0.1) is 5.71 Å². The van der Waals surface area contributed by atoms with E-state index < -0.39 is 0 Å². The average Bonchev–Trinajstić information content (AvgIpc) is 2.69. The summed E-state index contributed by atoms with van der Waals surface area (Å²) in [6.45, 7) is 0. The Hall–Kier alpha value is -3.07. The number of rotatable bonds is 4. The number of nitrogens with one attached hydrogen (secondary N) is 1. The molecule has 0 radical (unpaired) electrons. The van der Waals surface area contributed by atoms with Crippen molar-refractivity contribution >= 4 is 22.7 Å². The van der Waals surface area contributed by atoms with E-state index in [0.717, 1.165) is 11.4 Å². The quantitative estimate of drug-likeness (QED) is 0.864. The van der Waals surface area contributed by atoms with Crippen LogP contribution < -0.4 is 10.2 Å². The minimum atomic E-state index is 0.988. The van der Waals surface area contributed by atoms with Crippen LogP contribution in [-0.2, 0) is 0 Å². The predicted octanol–water partition coefficient (Wildman–Crippen LogP) is 4.79. The highest BCUT2D eigenvalue weighted by Crippen LogP contribution is 2.31. The Morgan fingerprint density at radius 1 is 0.808 bits per heavy atom. The highest BCUT2D eigenvalue weighted by Gasteiger charge is 2.11. The molecule has 0 bridgehead atoms. The van der Waals surface area contributed by atoms with Crippen LogP contribution in [0.2, 0.25) is 0 Å². The van der Waals surface area contributed by atoms with Gasteiger partial charge in [0.2, 0.25) is 0 Å². The van der Waals surface area contributed by atoms with Crippen molar-refractivity contribution in [2.24, 2.45) is 4.99 Å². The number of hydrogen-bond acceptors (Lipinski definition) is 3. The fourth-order valence-electron chi connectivity index (χ4n) is 3.01. The third-order valence-electron chi connectivity index (χ3n) is 4.55. The second kappa shape index (κ2) is 7.87. The van der Waals surface area contributed by atoms with Crippen LogP contribution in [0, 0.1) is 0 Å². The third-order valence-corrected chi connectivity index (χ3v) is 4.55. The summed E-state index contributed by atoms with van der Waals surface area (Å²) in [5.41, 5.74) is 8.10. The summed E-state index contributed by atoms with van der Waals surface area (Å²) < 4.78 is 0. The van der Waals surface area contributed by atoms with E-state index in [1.807, 2.05) is 14.1 Å². The molecule has 132 valence electrons. The summed E-state index contributed by atoms with van der Waals surface area (Å²) in [7, 11) is 7.87. The van der Waals surface area contributed by atoms with Gasteiger partial charge in [0.25, 0.3) is 0 Å². The van der Waals surface area contributed by atoms with Gasteiger partial charge in [-0.25, -0.2) is 0 Å². The normalized spacial score (nSPS) is 12.9. The lowest BCUT2D eigenvalue weighted by atomic mass is 9.90. The second-order valence-electron chi connectivity index (χ2n) is 6.41. The molecular weight excluding hydrogens is 318 g/mol. The van der Waals surface area contributed by atoms with Gasteiger partial charge in [-0.3, -0.25) is 4.99 Å². The molecule has 0 heterocycles. The first-order valence-corrected chi connectivity index (χ1v) is 8.75. The molecule has 1 N–H and O–H groups in total. The first-order valence-electron chi connectivity index (χ1n) is 8.75. The molecule has 1 aliphatic carbocycles. The number of benzene rings is 2. The third kappa shape index (κ3) is 3.77. The largest absolute Gasteiger partial charge is 0.388 e. The van der Waals surface area contributed by atoms with Gasteiger partial charge < -0.3 is 10.2 Å². The van der Waals surface area contributed by atoms with E-state index in [1.165, 1.54) is 28.0 Å². The van der Waals surface area contributed by atoms with Crippen LogP contribution in [0.4, 0.5) is 11.4 Å². The molecule has 0 spiro atoms. The van der Waals surface area contributed by atoms with Crippen molar-refractivity contribution < 1.29 is 0 Å². The minimum absolute atomic E-state index is 0.988. The van der Waals surface area contributed by atoms with E-state index in [9.17, 15) is 0 Å². The molecule has 0 saturated carbocycles. The molecule has 26 heavy (non-hydrogen) atoms. The van der Waals surface area contributed by atoms with Gasteiger partial charge in [0, 0.05) is 39.6 Å². The maximum absolute atomic E-state index is 4.25. The van der Waals surface area contributed by atoms with Gasteiger partial charge in [-0.1, -0.05) is 36.4 Å². The number of hydrogen-bond donors (Lipinski definition) is 1. The van der Waals surface area contributed by atoms with Crippen LogP contribution in [0.3, 0.4) is 0 Å². The van der Waals surface area contributed by atoms with Crippen LogP contribution in [0.25, 0.3) is 5.57 Å². The molecule has 0 atom stereocenters. The Bertz CT molecular complexity index is 862. The number of aliphatic imine (C=N–C) groups is 1. The number of anilines is 2. The van der Waals surface area contributed by atoms with Crippen molar-refractivity contribution in [2.75, 3.05) is 38.4 Å². The van der Waals surface area contributed by atoms with Crippen LogP contribution in [0.1, 0.15) is 11.1 Å². The number of nitrogens with zero attached hydrogens (tertiary/aromatic N) is 2. The zero-order valence-electron chi connectivity index (χ0n) is 15.8. The van der Waals surface area contributed by atoms with Crippen LogP contribution >= 0.6 is 0 Å². The summed E-state index contributed by atoms with van der Waals surface area (Å²) in [6.07, 6.45) is 8.41. The van der Waals surface area contributed by atoms with Gasteiger partial charge in [-0.15, -0.1) is 0 Å². The summed E-state index contributed by atoms with van der Waals surface area (Å²) in [5.74, 6) is 0. The summed E-state index contributed by atoms with van der Waals surface area (Å²) in [4.78, 5) is 6.36. The van der Waals surface area contributed by atoms with Crippen molar-refractivity contribution in [3.8, 4) is 0 Å². The van der Waals surface area contributed by atoms with Gasteiger partial charge in [-0.05, 0) is 58.7 Å². The maximum Gasteiger partial charge on any atom is 0.0571 e. The Morgan fingerprint density at radius 3 is 1.81 bits per heavy atom. The number of allylic oxidation sites excluding steroid dienone is 5. The van der Waals surface area contributed by atoms with Crippen molar-refractivity contribution in [3.05, 3.63) is 89.5 Å². The lowest BCUT2D eigenvalue weighted by molar-refractivity contribution is 1.13. The fraction of sp³-hybridized carbons (Fsp3) is 0.174. The molecule has 0 amide bonds. The molecule has 3 nitrogen and oxygen atoms in total. The summed E-state index contributed by atoms with van der Waals surface area (Å²) in [6, 6.07) is 17.3.